The summed E-state index contributed by atoms with van der Waals surface area (Å²) in [7, 11) is 1.15. The van der Waals surface area contributed by atoms with Crippen molar-refractivity contribution in [3.05, 3.63) is 0 Å². The number of carbonyl (C=O) groups excluding carboxylic acids is 2. The van der Waals surface area contributed by atoms with Gasteiger partial charge in [0.15, 0.2) is 6.10 Å². The second-order valence-corrected chi connectivity index (χ2v) is 10.8. The Labute approximate surface area is 192 Å². The molecule has 1 aliphatic carbocycles. The topological polar surface area (TPSA) is 111 Å². The number of carbonyl (C=O) groups is 2. The van der Waals surface area contributed by atoms with Crippen molar-refractivity contribution in [2.24, 2.45) is 0 Å². The van der Waals surface area contributed by atoms with Crippen LogP contribution in [0, 0.1) is 0 Å². The first kappa shape index (κ1) is 29.0. The van der Waals surface area contributed by atoms with Crippen molar-refractivity contribution in [3.8, 4) is 0 Å². The number of unbranched alkanes of at least 4 members (excludes halogenated alkanes) is 4. The number of hydrogen-bond donors (Lipinski definition) is 0. The maximum absolute atomic E-state index is 12.3. The fourth-order valence-electron chi connectivity index (χ4n) is 3.39. The van der Waals surface area contributed by atoms with Gasteiger partial charge in [-0.25, -0.2) is 0 Å². The molecule has 1 saturated carbocycles. The molecule has 0 amide bonds. The van der Waals surface area contributed by atoms with E-state index in [-0.39, 0.29) is 31.8 Å². The molecule has 0 bridgehead atoms. The number of ether oxygens (including phenoxy) is 2. The van der Waals surface area contributed by atoms with E-state index in [1.165, 1.54) is 0 Å². The quantitative estimate of drug-likeness (QED) is 0.143. The molecule has 4 atom stereocenters. The zero-order valence-electron chi connectivity index (χ0n) is 20.4. The lowest BCUT2D eigenvalue weighted by Crippen LogP contribution is -2.39. The Kier molecular flexibility index (Phi) is 13.0. The summed E-state index contributed by atoms with van der Waals surface area (Å²) < 4.78 is 34.2. The van der Waals surface area contributed by atoms with E-state index in [4.69, 9.17) is 18.5 Å². The van der Waals surface area contributed by atoms with Gasteiger partial charge in [-0.05, 0) is 25.7 Å². The van der Waals surface area contributed by atoms with Gasteiger partial charge >= 0.3 is 11.9 Å². The summed E-state index contributed by atoms with van der Waals surface area (Å²) in [6.07, 6.45) is 3.68. The van der Waals surface area contributed by atoms with Gasteiger partial charge in [0.05, 0.1) is 21.1 Å². The summed E-state index contributed by atoms with van der Waals surface area (Å²) in [6.45, 7) is 4.54. The Morgan fingerprint density at radius 1 is 0.906 bits per heavy atom. The van der Waals surface area contributed by atoms with Gasteiger partial charge in [0.25, 0.3) is 7.82 Å². The molecule has 4 unspecified atom stereocenters. The van der Waals surface area contributed by atoms with Crippen LogP contribution in [0.25, 0.3) is 0 Å². The fourth-order valence-corrected chi connectivity index (χ4v) is 4.31. The first-order valence-electron chi connectivity index (χ1n) is 11.8. The van der Waals surface area contributed by atoms with Crippen molar-refractivity contribution in [2.75, 3.05) is 34.3 Å². The Morgan fingerprint density at radius 2 is 1.44 bits per heavy atom. The molecule has 1 rings (SSSR count). The van der Waals surface area contributed by atoms with Gasteiger partial charge < -0.3 is 27.9 Å². The number of quaternary nitrogens is 1. The summed E-state index contributed by atoms with van der Waals surface area (Å²) >= 11 is 0. The number of phosphoric ester groups is 1. The summed E-state index contributed by atoms with van der Waals surface area (Å²) in [5.74, 6) is -0.821. The zero-order chi connectivity index (χ0) is 24.2. The Balaban J connectivity index is 2.75. The molecule has 0 radical (unpaired) electrons. The van der Waals surface area contributed by atoms with Crippen LogP contribution in [0.1, 0.15) is 78.1 Å². The summed E-state index contributed by atoms with van der Waals surface area (Å²) in [5.41, 5.74) is 0. The first-order valence-corrected chi connectivity index (χ1v) is 13.3. The highest BCUT2D eigenvalue weighted by molar-refractivity contribution is 7.45. The standard InChI is InChI=1S/C22H42NO8P/c1-6-8-10-12-20(24)29-18-14-15-19(22(18)30-21(25)13-11-9-7-2)31-32(26,27)28-17-16-23(3,4)5/h18-19,22H,6-17H2,1-5H3. The van der Waals surface area contributed by atoms with Crippen LogP contribution in [-0.4, -0.2) is 69.0 Å². The zero-order valence-corrected chi connectivity index (χ0v) is 21.3. The molecule has 10 heteroatoms. The minimum absolute atomic E-state index is 0.0195. The van der Waals surface area contributed by atoms with Gasteiger partial charge in [-0.2, -0.15) is 0 Å². The first-order chi connectivity index (χ1) is 15.0. The van der Waals surface area contributed by atoms with Gasteiger partial charge in [-0.1, -0.05) is 39.5 Å². The molecule has 0 N–H and O–H groups in total. The molecule has 0 spiro atoms. The van der Waals surface area contributed by atoms with E-state index in [0.29, 0.717) is 23.9 Å². The molecule has 0 saturated heterocycles. The minimum Gasteiger partial charge on any atom is -0.756 e. The molecule has 0 aromatic rings. The van der Waals surface area contributed by atoms with E-state index >= 15 is 0 Å². The molecule has 0 aromatic heterocycles. The molecule has 1 aliphatic rings. The molecule has 32 heavy (non-hydrogen) atoms. The van der Waals surface area contributed by atoms with Crippen LogP contribution in [0.4, 0.5) is 0 Å². The van der Waals surface area contributed by atoms with Gasteiger partial charge in [-0.3, -0.25) is 14.2 Å². The SMILES string of the molecule is CCCCCC(=O)OC1CCC(OP(=O)([O-])OCC[N+](C)(C)C)C1OC(=O)CCCCC. The number of rotatable bonds is 16. The van der Waals surface area contributed by atoms with E-state index in [9.17, 15) is 19.0 Å². The normalized spacial score (nSPS) is 23.0. The van der Waals surface area contributed by atoms with E-state index in [1.807, 2.05) is 35.0 Å². The predicted molar refractivity (Wildman–Crippen MR) is 119 cm³/mol. The monoisotopic (exact) mass is 479 g/mol. The van der Waals surface area contributed by atoms with E-state index in [0.717, 1.165) is 32.1 Å². The van der Waals surface area contributed by atoms with Crippen molar-refractivity contribution in [3.63, 3.8) is 0 Å². The number of nitrogens with zero attached hydrogens (tertiary/aromatic N) is 1. The molecular weight excluding hydrogens is 437 g/mol. The van der Waals surface area contributed by atoms with E-state index in [1.54, 1.807) is 0 Å². The molecule has 0 aromatic carbocycles. The lowest BCUT2D eigenvalue weighted by molar-refractivity contribution is -0.870. The predicted octanol–water partition coefficient (Wildman–Crippen LogP) is 3.34. The van der Waals surface area contributed by atoms with Crippen molar-refractivity contribution in [2.45, 2.75) is 96.4 Å². The molecule has 0 aliphatic heterocycles. The third kappa shape index (κ3) is 12.3. The highest BCUT2D eigenvalue weighted by Gasteiger charge is 2.44. The smallest absolute Gasteiger partial charge is 0.306 e. The average Bonchev–Trinajstić information content (AvgIpc) is 3.01. The average molecular weight is 480 g/mol. The molecular formula is C22H42NO8P. The van der Waals surface area contributed by atoms with Crippen LogP contribution >= 0.6 is 7.82 Å². The fraction of sp³-hybridized carbons (Fsp3) is 0.909. The van der Waals surface area contributed by atoms with Crippen LogP contribution < -0.4 is 4.89 Å². The molecule has 188 valence electrons. The largest absolute Gasteiger partial charge is 0.756 e. The molecule has 1 fully saturated rings. The highest BCUT2D eigenvalue weighted by atomic mass is 31.2. The van der Waals surface area contributed by atoms with Gasteiger partial charge in [-0.15, -0.1) is 0 Å². The van der Waals surface area contributed by atoms with Crippen molar-refractivity contribution < 1.29 is 42.1 Å². The maximum Gasteiger partial charge on any atom is 0.306 e. The maximum atomic E-state index is 12.3. The number of hydrogen-bond acceptors (Lipinski definition) is 8. The van der Waals surface area contributed by atoms with E-state index in [2.05, 4.69) is 0 Å². The van der Waals surface area contributed by atoms with Crippen molar-refractivity contribution in [1.82, 2.24) is 0 Å². The van der Waals surface area contributed by atoms with Crippen LogP contribution in [0.3, 0.4) is 0 Å². The number of esters is 2. The second-order valence-electron chi connectivity index (χ2n) is 9.41. The van der Waals surface area contributed by atoms with Crippen molar-refractivity contribution in [1.29, 1.82) is 0 Å². The lowest BCUT2D eigenvalue weighted by atomic mass is 10.2. The Bertz CT molecular complexity index is 622. The van der Waals surface area contributed by atoms with Gasteiger partial charge in [0, 0.05) is 12.8 Å². The van der Waals surface area contributed by atoms with Crippen LogP contribution in [0.5, 0.6) is 0 Å². The summed E-state index contributed by atoms with van der Waals surface area (Å²) in [6, 6.07) is 0. The second kappa shape index (κ2) is 14.3. The van der Waals surface area contributed by atoms with Crippen LogP contribution in [0.2, 0.25) is 0 Å². The molecule has 9 nitrogen and oxygen atoms in total. The van der Waals surface area contributed by atoms with Crippen molar-refractivity contribution >= 4 is 19.8 Å². The minimum atomic E-state index is -4.61. The van der Waals surface area contributed by atoms with Gasteiger partial charge in [0.2, 0.25) is 0 Å². The highest BCUT2D eigenvalue weighted by Crippen LogP contribution is 2.44. The summed E-state index contributed by atoms with van der Waals surface area (Å²) in [4.78, 5) is 36.9. The Morgan fingerprint density at radius 3 is 1.97 bits per heavy atom. The van der Waals surface area contributed by atoms with Crippen LogP contribution in [0.15, 0.2) is 0 Å². The third-order valence-corrected chi connectivity index (χ3v) is 6.29. The third-order valence-electron chi connectivity index (χ3n) is 5.26. The number of phosphoric acid groups is 1. The number of likely N-dealkylation sites (N-methyl/N-ethyl adjacent to an activating group) is 1. The van der Waals surface area contributed by atoms with Gasteiger partial charge in [0.1, 0.15) is 25.4 Å². The van der Waals surface area contributed by atoms with Crippen LogP contribution in [-0.2, 0) is 32.7 Å². The lowest BCUT2D eigenvalue weighted by Gasteiger charge is -2.31. The summed E-state index contributed by atoms with van der Waals surface area (Å²) in [5, 5.41) is 0. The molecule has 0 heterocycles. The van der Waals surface area contributed by atoms with E-state index < -0.39 is 32.1 Å². The Hall–Kier alpha value is -0.990.